The molecule has 2 aromatic carbocycles. The van der Waals surface area contributed by atoms with E-state index in [4.69, 9.17) is 14.2 Å². The summed E-state index contributed by atoms with van der Waals surface area (Å²) in [5.41, 5.74) is 3.13. The Bertz CT molecular complexity index is 987. The summed E-state index contributed by atoms with van der Waals surface area (Å²) in [5, 5.41) is 9.50. The lowest BCUT2D eigenvalue weighted by Gasteiger charge is -2.29. The number of carbonyl (C=O) groups is 1. The Kier molecular flexibility index (Phi) is 9.15. The molecule has 2 unspecified atom stereocenters. The number of hydrogen-bond donors (Lipinski definition) is 1. The lowest BCUT2D eigenvalue weighted by atomic mass is 9.94. The molecule has 6 nitrogen and oxygen atoms in total. The second-order valence-electron chi connectivity index (χ2n) is 8.10. The lowest BCUT2D eigenvalue weighted by Crippen LogP contribution is -2.29. The van der Waals surface area contributed by atoms with Crippen molar-refractivity contribution in [2.24, 2.45) is 4.99 Å². The monoisotopic (exact) mass is 455 g/mol. The molecule has 2 aromatic rings. The van der Waals surface area contributed by atoms with Gasteiger partial charge < -0.3 is 19.3 Å². The zero-order chi connectivity index (χ0) is 23.6. The van der Waals surface area contributed by atoms with Crippen LogP contribution in [0.2, 0.25) is 0 Å². The molecule has 3 rings (SSSR count). The predicted molar refractivity (Wildman–Crippen MR) is 124 cm³/mol. The molecule has 176 valence electrons. The number of nitrogens with zero attached hydrogens (tertiary/aromatic N) is 1. The predicted octanol–water partition coefficient (Wildman–Crippen LogP) is 5.28. The zero-order valence-electron chi connectivity index (χ0n) is 19.0. The summed E-state index contributed by atoms with van der Waals surface area (Å²) in [6, 6.07) is 11.5. The molecule has 0 aromatic heterocycles. The maximum Gasteiger partial charge on any atom is 0.336 e. The molecule has 7 heteroatoms. The van der Waals surface area contributed by atoms with Crippen molar-refractivity contribution >= 4 is 12.2 Å². The van der Waals surface area contributed by atoms with Gasteiger partial charge in [-0.2, -0.15) is 0 Å². The number of carboxylic acid groups (broad SMARTS) is 1. The molecule has 2 atom stereocenters. The number of methoxy groups -OCH3 is 1. The molecular weight excluding hydrogens is 425 g/mol. The molecule has 1 fully saturated rings. The molecule has 1 aliphatic carbocycles. The largest absolute Gasteiger partial charge is 0.502 e. The molecule has 0 amide bonds. The van der Waals surface area contributed by atoms with Crippen LogP contribution in [-0.2, 0) is 20.8 Å². The number of ether oxygens (including phenoxy) is 3. The van der Waals surface area contributed by atoms with E-state index in [9.17, 15) is 14.3 Å². The number of rotatable bonds is 10. The summed E-state index contributed by atoms with van der Waals surface area (Å²) in [6.45, 7) is 2.34. The quantitative estimate of drug-likeness (QED) is 0.389. The van der Waals surface area contributed by atoms with Gasteiger partial charge in [-0.1, -0.05) is 30.3 Å². The van der Waals surface area contributed by atoms with E-state index in [-0.39, 0.29) is 31.2 Å². The SMILES string of the molecule is CO/C=C(/COC1CCCC(OCc2cccc(C)c2C(=O)O)C1)N=Cc1ccc(F)cc1. The first kappa shape index (κ1) is 24.6. The van der Waals surface area contributed by atoms with Gasteiger partial charge in [0.25, 0.3) is 0 Å². The molecule has 0 spiro atoms. The maximum absolute atomic E-state index is 13.1. The second-order valence-corrected chi connectivity index (χ2v) is 8.10. The van der Waals surface area contributed by atoms with Crippen LogP contribution in [-0.4, -0.2) is 43.2 Å². The Labute approximate surface area is 193 Å². The van der Waals surface area contributed by atoms with Crippen LogP contribution < -0.4 is 0 Å². The highest BCUT2D eigenvalue weighted by molar-refractivity contribution is 5.91. The van der Waals surface area contributed by atoms with Crippen molar-refractivity contribution in [3.05, 3.63) is 82.5 Å². The van der Waals surface area contributed by atoms with Gasteiger partial charge in [0.2, 0.25) is 0 Å². The van der Waals surface area contributed by atoms with E-state index in [0.29, 0.717) is 16.8 Å². The number of halogens is 1. The first-order chi connectivity index (χ1) is 16.0. The van der Waals surface area contributed by atoms with E-state index in [1.165, 1.54) is 18.4 Å². The topological polar surface area (TPSA) is 77.4 Å². The fourth-order valence-electron chi connectivity index (χ4n) is 3.91. The Balaban J connectivity index is 1.52. The van der Waals surface area contributed by atoms with Crippen LogP contribution in [0.1, 0.15) is 52.7 Å². The fraction of sp³-hybridized carbons (Fsp3) is 0.385. The fourth-order valence-corrected chi connectivity index (χ4v) is 3.91. The van der Waals surface area contributed by atoms with Crippen molar-refractivity contribution in [3.63, 3.8) is 0 Å². The molecule has 1 saturated carbocycles. The van der Waals surface area contributed by atoms with Crippen LogP contribution in [0.25, 0.3) is 0 Å². The Hall–Kier alpha value is -3.03. The summed E-state index contributed by atoms with van der Waals surface area (Å²) in [7, 11) is 1.55. The highest BCUT2D eigenvalue weighted by Crippen LogP contribution is 2.26. The van der Waals surface area contributed by atoms with Crippen molar-refractivity contribution in [2.75, 3.05) is 13.7 Å². The highest BCUT2D eigenvalue weighted by atomic mass is 19.1. The smallest absolute Gasteiger partial charge is 0.336 e. The number of aromatic carboxylic acids is 1. The number of aryl methyl sites for hydroxylation is 1. The van der Waals surface area contributed by atoms with Gasteiger partial charge in [0.15, 0.2) is 0 Å². The molecule has 0 aliphatic heterocycles. The summed E-state index contributed by atoms with van der Waals surface area (Å²) in [6.07, 6.45) is 6.73. The van der Waals surface area contributed by atoms with Gasteiger partial charge in [0, 0.05) is 6.21 Å². The van der Waals surface area contributed by atoms with Gasteiger partial charge in [0.1, 0.15) is 17.8 Å². The van der Waals surface area contributed by atoms with Crippen molar-refractivity contribution in [1.82, 2.24) is 0 Å². The molecule has 1 aliphatic rings. The van der Waals surface area contributed by atoms with Gasteiger partial charge in [-0.25, -0.2) is 9.18 Å². The standard InChI is InChI=1S/C26H30FNO5/c1-18-5-3-6-20(25(18)26(29)30)15-32-23-7-4-8-24(13-23)33-17-22(16-31-2)28-14-19-9-11-21(27)12-10-19/h3,5-6,9-12,14,16,23-24H,4,7-8,13,15,17H2,1-2H3,(H,29,30)/b22-16-,28-14?. The van der Waals surface area contributed by atoms with Gasteiger partial charge in [-0.3, -0.25) is 4.99 Å². The minimum absolute atomic E-state index is 0.00322. The van der Waals surface area contributed by atoms with Gasteiger partial charge >= 0.3 is 5.97 Å². The minimum Gasteiger partial charge on any atom is -0.502 e. The van der Waals surface area contributed by atoms with Crippen molar-refractivity contribution in [1.29, 1.82) is 0 Å². The average molecular weight is 456 g/mol. The summed E-state index contributed by atoms with van der Waals surface area (Å²) < 4.78 is 30.3. The molecule has 0 radical (unpaired) electrons. The molecule has 1 N–H and O–H groups in total. The number of aliphatic imine (C=N–C) groups is 1. The Morgan fingerprint density at radius 2 is 1.88 bits per heavy atom. The second kappa shape index (κ2) is 12.3. The van der Waals surface area contributed by atoms with Gasteiger partial charge in [0.05, 0.1) is 38.1 Å². The summed E-state index contributed by atoms with van der Waals surface area (Å²) in [4.78, 5) is 16.0. The van der Waals surface area contributed by atoms with Crippen LogP contribution in [0.15, 0.2) is 59.4 Å². The molecule has 0 bridgehead atoms. The minimum atomic E-state index is -0.935. The van der Waals surface area contributed by atoms with Crippen LogP contribution in [0.5, 0.6) is 0 Å². The summed E-state index contributed by atoms with van der Waals surface area (Å²) >= 11 is 0. The lowest BCUT2D eigenvalue weighted by molar-refractivity contribution is -0.0458. The highest BCUT2D eigenvalue weighted by Gasteiger charge is 2.24. The van der Waals surface area contributed by atoms with Crippen molar-refractivity contribution < 1.29 is 28.5 Å². The third-order valence-electron chi connectivity index (χ3n) is 5.60. The van der Waals surface area contributed by atoms with Gasteiger partial charge in [-0.15, -0.1) is 0 Å². The van der Waals surface area contributed by atoms with Crippen LogP contribution in [0, 0.1) is 12.7 Å². The average Bonchev–Trinajstić information content (AvgIpc) is 2.80. The van der Waals surface area contributed by atoms with Crippen molar-refractivity contribution in [3.8, 4) is 0 Å². The molecule has 33 heavy (non-hydrogen) atoms. The number of hydrogen-bond acceptors (Lipinski definition) is 5. The molecular formula is C26H30FNO5. The van der Waals surface area contributed by atoms with E-state index >= 15 is 0 Å². The first-order valence-corrected chi connectivity index (χ1v) is 11.0. The van der Waals surface area contributed by atoms with E-state index in [0.717, 1.165) is 36.8 Å². The maximum atomic E-state index is 13.1. The van der Waals surface area contributed by atoms with E-state index in [2.05, 4.69) is 4.99 Å². The van der Waals surface area contributed by atoms with E-state index in [1.54, 1.807) is 44.5 Å². The van der Waals surface area contributed by atoms with Crippen LogP contribution in [0.3, 0.4) is 0 Å². The normalized spacial score (nSPS) is 19.1. The molecule has 0 heterocycles. The third kappa shape index (κ3) is 7.51. The van der Waals surface area contributed by atoms with Crippen LogP contribution in [0.4, 0.5) is 4.39 Å². The van der Waals surface area contributed by atoms with Gasteiger partial charge in [-0.05, 0) is 61.4 Å². The Morgan fingerprint density at radius 1 is 1.15 bits per heavy atom. The number of carboxylic acids is 1. The van der Waals surface area contributed by atoms with E-state index < -0.39 is 5.97 Å². The molecule has 0 saturated heterocycles. The van der Waals surface area contributed by atoms with Crippen molar-refractivity contribution in [2.45, 2.75) is 51.4 Å². The first-order valence-electron chi connectivity index (χ1n) is 11.0. The summed E-state index contributed by atoms with van der Waals surface area (Å²) in [5.74, 6) is -1.23. The van der Waals surface area contributed by atoms with E-state index in [1.807, 2.05) is 6.07 Å². The van der Waals surface area contributed by atoms with Crippen LogP contribution >= 0.6 is 0 Å². The third-order valence-corrected chi connectivity index (χ3v) is 5.60. The zero-order valence-corrected chi connectivity index (χ0v) is 19.0. The number of benzene rings is 2. The Morgan fingerprint density at radius 3 is 2.58 bits per heavy atom.